The second-order valence-electron chi connectivity index (χ2n) is 6.18. The molecule has 0 N–H and O–H groups in total. The van der Waals surface area contributed by atoms with Crippen LogP contribution in [0.25, 0.3) is 0 Å². The SMILES string of the molecule is C=C/C(=N\C=C(\C#N)C(=C)C1=CC=Nc2ccccc2C1)OC1CCOC1. The summed E-state index contributed by atoms with van der Waals surface area (Å²) in [6.45, 7) is 9.04. The highest BCUT2D eigenvalue weighted by atomic mass is 16.5. The molecule has 1 aromatic carbocycles. The fourth-order valence-corrected chi connectivity index (χ4v) is 2.85. The van der Waals surface area contributed by atoms with E-state index in [4.69, 9.17) is 9.47 Å². The van der Waals surface area contributed by atoms with Gasteiger partial charge in [-0.25, -0.2) is 4.99 Å². The number of para-hydroxylation sites is 1. The van der Waals surface area contributed by atoms with Gasteiger partial charge >= 0.3 is 0 Å². The van der Waals surface area contributed by atoms with E-state index in [1.165, 1.54) is 12.3 Å². The topological polar surface area (TPSA) is 67.0 Å². The zero-order chi connectivity index (χ0) is 19.1. The predicted molar refractivity (Wildman–Crippen MR) is 107 cm³/mol. The van der Waals surface area contributed by atoms with Gasteiger partial charge in [0, 0.05) is 25.3 Å². The number of hydrogen-bond donors (Lipinski definition) is 0. The molecule has 5 heteroatoms. The van der Waals surface area contributed by atoms with Crippen LogP contribution in [0.4, 0.5) is 5.69 Å². The molecule has 3 rings (SSSR count). The molecule has 2 heterocycles. The minimum Gasteiger partial charge on any atom is -0.472 e. The van der Waals surface area contributed by atoms with Gasteiger partial charge in [0.05, 0.1) is 24.5 Å². The molecule has 1 saturated heterocycles. The highest BCUT2D eigenvalue weighted by Gasteiger charge is 2.18. The Morgan fingerprint density at radius 1 is 1.41 bits per heavy atom. The van der Waals surface area contributed by atoms with Gasteiger partial charge in [-0.3, -0.25) is 4.99 Å². The number of benzene rings is 1. The van der Waals surface area contributed by atoms with Crippen molar-refractivity contribution in [2.45, 2.75) is 18.9 Å². The minimum absolute atomic E-state index is 0.0267. The van der Waals surface area contributed by atoms with Crippen LogP contribution in [-0.2, 0) is 15.9 Å². The molecule has 1 aromatic rings. The summed E-state index contributed by atoms with van der Waals surface area (Å²) < 4.78 is 11.0. The number of hydrogen-bond acceptors (Lipinski definition) is 5. The van der Waals surface area contributed by atoms with Crippen molar-refractivity contribution >= 4 is 17.8 Å². The van der Waals surface area contributed by atoms with E-state index in [0.717, 1.165) is 23.2 Å². The van der Waals surface area contributed by atoms with Crippen molar-refractivity contribution < 1.29 is 9.47 Å². The van der Waals surface area contributed by atoms with Crippen molar-refractivity contribution in [3.8, 4) is 6.07 Å². The maximum Gasteiger partial charge on any atom is 0.212 e. The number of aliphatic imine (C=N–C) groups is 2. The summed E-state index contributed by atoms with van der Waals surface area (Å²) in [5, 5.41) is 9.57. The zero-order valence-electron chi connectivity index (χ0n) is 15.1. The van der Waals surface area contributed by atoms with E-state index < -0.39 is 0 Å². The summed E-state index contributed by atoms with van der Waals surface area (Å²) in [5.41, 5.74) is 3.95. The Balaban J connectivity index is 1.77. The number of ether oxygens (including phenoxy) is 2. The summed E-state index contributed by atoms with van der Waals surface area (Å²) in [7, 11) is 0. The van der Waals surface area contributed by atoms with Crippen molar-refractivity contribution in [3.63, 3.8) is 0 Å². The molecule has 0 amide bonds. The van der Waals surface area contributed by atoms with Crippen LogP contribution in [0.1, 0.15) is 12.0 Å². The first-order valence-electron chi connectivity index (χ1n) is 8.77. The van der Waals surface area contributed by atoms with Gasteiger partial charge in [-0.05, 0) is 34.9 Å². The standard InChI is InChI=1S/C22H21N3O2/c1-3-22(27-20-9-11-26-15-20)25-14-19(13-23)16(2)17-8-10-24-21-7-5-4-6-18(21)12-17/h3-8,10,14,20H,1-2,9,11-12,15H2/b19-14-,25-22+. The van der Waals surface area contributed by atoms with Crippen molar-refractivity contribution in [2.75, 3.05) is 13.2 Å². The molecule has 0 bridgehead atoms. The summed E-state index contributed by atoms with van der Waals surface area (Å²) in [6.07, 6.45) is 8.08. The average molecular weight is 359 g/mol. The molecule has 0 aliphatic carbocycles. The summed E-state index contributed by atoms with van der Waals surface area (Å²) >= 11 is 0. The van der Waals surface area contributed by atoms with Crippen LogP contribution in [0, 0.1) is 11.3 Å². The van der Waals surface area contributed by atoms with Crippen LogP contribution in [-0.4, -0.2) is 31.4 Å². The van der Waals surface area contributed by atoms with E-state index in [1.54, 1.807) is 6.21 Å². The van der Waals surface area contributed by atoms with Gasteiger partial charge in [-0.2, -0.15) is 5.26 Å². The number of allylic oxidation sites excluding steroid dienone is 4. The molecule has 136 valence electrons. The number of nitriles is 1. The second-order valence-corrected chi connectivity index (χ2v) is 6.18. The van der Waals surface area contributed by atoms with Gasteiger partial charge in [0.15, 0.2) is 0 Å². The first-order chi connectivity index (χ1) is 13.2. The minimum atomic E-state index is -0.0267. The predicted octanol–water partition coefficient (Wildman–Crippen LogP) is 4.23. The highest BCUT2D eigenvalue weighted by molar-refractivity contribution is 5.88. The van der Waals surface area contributed by atoms with E-state index in [1.807, 2.05) is 30.3 Å². The maximum atomic E-state index is 9.57. The van der Waals surface area contributed by atoms with Crippen molar-refractivity contribution in [3.05, 3.63) is 78.1 Å². The van der Waals surface area contributed by atoms with E-state index in [9.17, 15) is 5.26 Å². The molecule has 5 nitrogen and oxygen atoms in total. The Morgan fingerprint density at radius 2 is 2.26 bits per heavy atom. The quantitative estimate of drug-likeness (QED) is 0.342. The normalized spacial score (nSPS) is 19.5. The summed E-state index contributed by atoms with van der Waals surface area (Å²) in [6, 6.07) is 10.1. The van der Waals surface area contributed by atoms with E-state index in [-0.39, 0.29) is 6.10 Å². The molecule has 0 aromatic heterocycles. The molecular formula is C22H21N3O2. The van der Waals surface area contributed by atoms with Crippen LogP contribution >= 0.6 is 0 Å². The Kier molecular flexibility index (Phi) is 6.14. The summed E-state index contributed by atoms with van der Waals surface area (Å²) in [4.78, 5) is 8.71. The molecule has 2 aliphatic rings. The smallest absolute Gasteiger partial charge is 0.212 e. The Labute approximate surface area is 159 Å². The lowest BCUT2D eigenvalue weighted by molar-refractivity contribution is 0.135. The third kappa shape index (κ3) is 4.69. The molecule has 1 fully saturated rings. The van der Waals surface area contributed by atoms with Gasteiger partial charge < -0.3 is 9.47 Å². The van der Waals surface area contributed by atoms with Crippen LogP contribution in [0.15, 0.2) is 82.5 Å². The Hall–Kier alpha value is -3.23. The molecular weight excluding hydrogens is 338 g/mol. The van der Waals surface area contributed by atoms with Gasteiger partial charge in [0.1, 0.15) is 12.2 Å². The molecule has 27 heavy (non-hydrogen) atoms. The van der Waals surface area contributed by atoms with Gasteiger partial charge in [-0.1, -0.05) is 31.4 Å². The van der Waals surface area contributed by atoms with Crippen LogP contribution in [0.3, 0.4) is 0 Å². The molecule has 1 atom stereocenters. The van der Waals surface area contributed by atoms with Crippen molar-refractivity contribution in [1.82, 2.24) is 0 Å². The second kappa shape index (κ2) is 8.93. The number of nitrogens with zero attached hydrogens (tertiary/aromatic N) is 3. The lowest BCUT2D eigenvalue weighted by Gasteiger charge is -2.11. The van der Waals surface area contributed by atoms with Gasteiger partial charge in [0.2, 0.25) is 5.90 Å². The molecule has 2 aliphatic heterocycles. The largest absolute Gasteiger partial charge is 0.472 e. The van der Waals surface area contributed by atoms with Crippen molar-refractivity contribution in [2.24, 2.45) is 9.98 Å². The first-order valence-corrected chi connectivity index (χ1v) is 8.77. The van der Waals surface area contributed by atoms with Gasteiger partial charge in [-0.15, -0.1) is 0 Å². The fourth-order valence-electron chi connectivity index (χ4n) is 2.85. The van der Waals surface area contributed by atoms with Crippen molar-refractivity contribution in [1.29, 1.82) is 5.26 Å². The molecule has 1 unspecified atom stereocenters. The average Bonchev–Trinajstić information content (AvgIpc) is 3.11. The monoisotopic (exact) mass is 359 g/mol. The zero-order valence-corrected chi connectivity index (χ0v) is 15.1. The lowest BCUT2D eigenvalue weighted by atomic mass is 9.94. The van der Waals surface area contributed by atoms with Crippen LogP contribution < -0.4 is 0 Å². The van der Waals surface area contributed by atoms with Crippen LogP contribution in [0.5, 0.6) is 0 Å². The molecule has 0 radical (unpaired) electrons. The molecule has 0 saturated carbocycles. The Bertz CT molecular complexity index is 894. The fraction of sp³-hybridized carbons (Fsp3) is 0.227. The summed E-state index contributed by atoms with van der Waals surface area (Å²) in [5.74, 6) is 0.368. The van der Waals surface area contributed by atoms with Crippen LogP contribution in [0.2, 0.25) is 0 Å². The van der Waals surface area contributed by atoms with E-state index in [0.29, 0.717) is 36.7 Å². The van der Waals surface area contributed by atoms with Gasteiger partial charge in [0.25, 0.3) is 0 Å². The van der Waals surface area contributed by atoms with E-state index >= 15 is 0 Å². The van der Waals surface area contributed by atoms with E-state index in [2.05, 4.69) is 29.2 Å². The number of rotatable bonds is 5. The number of fused-ring (bicyclic) bond motifs is 1. The highest BCUT2D eigenvalue weighted by Crippen LogP contribution is 2.28. The molecule has 0 spiro atoms. The maximum absolute atomic E-state index is 9.57. The third-order valence-electron chi connectivity index (χ3n) is 4.37. The Morgan fingerprint density at radius 3 is 3.00 bits per heavy atom. The first kappa shape index (κ1) is 18.6. The lowest BCUT2D eigenvalue weighted by Crippen LogP contribution is -2.16. The third-order valence-corrected chi connectivity index (χ3v) is 4.37.